The van der Waals surface area contributed by atoms with Gasteiger partial charge in [0.25, 0.3) is 0 Å². The fraction of sp³-hybridized carbons (Fsp3) is 0.500. The van der Waals surface area contributed by atoms with E-state index in [0.29, 0.717) is 17.3 Å². The van der Waals surface area contributed by atoms with Crippen molar-refractivity contribution in [3.8, 4) is 0 Å². The predicted molar refractivity (Wildman–Crippen MR) is 86.4 cm³/mol. The number of hydrogen-bond donors (Lipinski definition) is 1. The Morgan fingerprint density at radius 1 is 1.50 bits per heavy atom. The van der Waals surface area contributed by atoms with E-state index in [4.69, 9.17) is 18.0 Å². The molecule has 0 fully saturated rings. The van der Waals surface area contributed by atoms with Crippen LogP contribution in [0.15, 0.2) is 18.5 Å². The van der Waals surface area contributed by atoms with E-state index in [2.05, 4.69) is 41.8 Å². The third kappa shape index (κ3) is 3.07. The second-order valence-electron chi connectivity index (χ2n) is 5.10. The monoisotopic (exact) mass is 291 g/mol. The Bertz CT molecular complexity index is 605. The van der Waals surface area contributed by atoms with Crippen molar-refractivity contribution in [2.75, 3.05) is 18.0 Å². The number of aromatic nitrogens is 3. The van der Waals surface area contributed by atoms with Crippen LogP contribution in [0, 0.1) is 0 Å². The van der Waals surface area contributed by atoms with E-state index in [1.54, 1.807) is 6.20 Å². The Morgan fingerprint density at radius 3 is 2.85 bits per heavy atom. The zero-order chi connectivity index (χ0) is 14.7. The molecule has 5 nitrogen and oxygen atoms in total. The summed E-state index contributed by atoms with van der Waals surface area (Å²) in [5.74, 6) is 1.33. The summed E-state index contributed by atoms with van der Waals surface area (Å²) in [6.07, 6.45) is 4.35. The topological polar surface area (TPSA) is 59.5 Å². The molecule has 0 aromatic carbocycles. The second kappa shape index (κ2) is 6.17. The van der Waals surface area contributed by atoms with Crippen LogP contribution in [0.5, 0.6) is 0 Å². The number of nitrogens with two attached hydrogens (primary N) is 1. The first-order valence-electron chi connectivity index (χ1n) is 6.90. The Labute approximate surface area is 124 Å². The maximum atomic E-state index is 5.60. The fourth-order valence-electron chi connectivity index (χ4n) is 2.11. The zero-order valence-electron chi connectivity index (χ0n) is 12.2. The third-order valence-corrected chi connectivity index (χ3v) is 3.49. The minimum Gasteiger partial charge on any atom is -0.393 e. The van der Waals surface area contributed by atoms with Crippen LogP contribution in [0.25, 0.3) is 5.52 Å². The maximum absolute atomic E-state index is 5.60. The van der Waals surface area contributed by atoms with Gasteiger partial charge in [-0.3, -0.25) is 0 Å². The lowest BCUT2D eigenvalue weighted by atomic mass is 10.1. The SMILES string of the molecule is CCN(CCC(N)=S)c1nccn2nc(C(C)C)cc12. The standard InChI is InChI=1S/C14H21N5S/c1-4-18(7-5-13(15)20)14-12-9-11(10(2)3)17-19(12)8-6-16-14/h6,8-10H,4-5,7H2,1-3H3,(H2,15,20). The van der Waals surface area contributed by atoms with Crippen LogP contribution in [0.4, 0.5) is 5.82 Å². The molecule has 2 N–H and O–H groups in total. The number of anilines is 1. The quantitative estimate of drug-likeness (QED) is 0.828. The molecule has 2 aromatic heterocycles. The highest BCUT2D eigenvalue weighted by Gasteiger charge is 2.14. The summed E-state index contributed by atoms with van der Waals surface area (Å²) in [5.41, 5.74) is 7.70. The Hall–Kier alpha value is -1.69. The van der Waals surface area contributed by atoms with Crippen LogP contribution in [0.3, 0.4) is 0 Å². The van der Waals surface area contributed by atoms with Crippen molar-refractivity contribution in [3.63, 3.8) is 0 Å². The largest absolute Gasteiger partial charge is 0.393 e. The number of fused-ring (bicyclic) bond motifs is 1. The molecule has 0 unspecified atom stereocenters. The van der Waals surface area contributed by atoms with E-state index < -0.39 is 0 Å². The summed E-state index contributed by atoms with van der Waals surface area (Å²) in [7, 11) is 0. The zero-order valence-corrected chi connectivity index (χ0v) is 13.0. The van der Waals surface area contributed by atoms with Crippen LogP contribution in [0.1, 0.15) is 38.8 Å². The molecule has 0 spiro atoms. The van der Waals surface area contributed by atoms with Crippen LogP contribution < -0.4 is 10.6 Å². The van der Waals surface area contributed by atoms with Crippen molar-refractivity contribution in [3.05, 3.63) is 24.2 Å². The van der Waals surface area contributed by atoms with Gasteiger partial charge in [-0.15, -0.1) is 0 Å². The van der Waals surface area contributed by atoms with Gasteiger partial charge in [0.15, 0.2) is 5.82 Å². The molecule has 2 aromatic rings. The molecule has 0 bridgehead atoms. The first kappa shape index (κ1) is 14.7. The van der Waals surface area contributed by atoms with E-state index in [9.17, 15) is 0 Å². The molecule has 0 aliphatic rings. The van der Waals surface area contributed by atoms with Crippen LogP contribution in [-0.2, 0) is 0 Å². The van der Waals surface area contributed by atoms with Crippen molar-refractivity contribution in [2.24, 2.45) is 5.73 Å². The maximum Gasteiger partial charge on any atom is 0.154 e. The highest BCUT2D eigenvalue weighted by atomic mass is 32.1. The molecular formula is C14H21N5S. The van der Waals surface area contributed by atoms with Gasteiger partial charge in [0.1, 0.15) is 5.52 Å². The molecule has 0 amide bonds. The van der Waals surface area contributed by atoms with Gasteiger partial charge in [0.2, 0.25) is 0 Å². The van der Waals surface area contributed by atoms with Gasteiger partial charge in [0.05, 0.1) is 10.7 Å². The lowest BCUT2D eigenvalue weighted by Crippen LogP contribution is -2.28. The predicted octanol–water partition coefficient (Wildman–Crippen LogP) is 2.36. The number of nitrogens with zero attached hydrogens (tertiary/aromatic N) is 4. The van der Waals surface area contributed by atoms with E-state index >= 15 is 0 Å². The summed E-state index contributed by atoms with van der Waals surface area (Å²) >= 11 is 4.96. The molecule has 0 radical (unpaired) electrons. The Morgan fingerprint density at radius 2 is 2.25 bits per heavy atom. The van der Waals surface area contributed by atoms with E-state index in [1.165, 1.54) is 0 Å². The molecular weight excluding hydrogens is 270 g/mol. The molecule has 0 aliphatic carbocycles. The summed E-state index contributed by atoms with van der Waals surface area (Å²) in [6, 6.07) is 2.11. The Balaban J connectivity index is 2.38. The lowest BCUT2D eigenvalue weighted by Gasteiger charge is -2.22. The Kier molecular flexibility index (Phi) is 4.54. The van der Waals surface area contributed by atoms with E-state index in [0.717, 1.165) is 30.1 Å². The molecule has 0 aliphatic heterocycles. The van der Waals surface area contributed by atoms with Gasteiger partial charge in [0, 0.05) is 31.9 Å². The van der Waals surface area contributed by atoms with Gasteiger partial charge in [-0.1, -0.05) is 26.1 Å². The van der Waals surface area contributed by atoms with Crippen LogP contribution in [-0.4, -0.2) is 32.7 Å². The van der Waals surface area contributed by atoms with Gasteiger partial charge < -0.3 is 10.6 Å². The average molecular weight is 291 g/mol. The highest BCUT2D eigenvalue weighted by molar-refractivity contribution is 7.80. The molecule has 2 heterocycles. The molecule has 20 heavy (non-hydrogen) atoms. The van der Waals surface area contributed by atoms with Gasteiger partial charge in [-0.2, -0.15) is 5.10 Å². The summed E-state index contributed by atoms with van der Waals surface area (Å²) in [4.78, 5) is 7.22. The van der Waals surface area contributed by atoms with Crippen molar-refractivity contribution in [1.29, 1.82) is 0 Å². The summed E-state index contributed by atoms with van der Waals surface area (Å²) in [5, 5.41) is 4.58. The van der Waals surface area contributed by atoms with E-state index in [-0.39, 0.29) is 0 Å². The first-order chi connectivity index (χ1) is 9.52. The van der Waals surface area contributed by atoms with Crippen LogP contribution >= 0.6 is 12.2 Å². The minimum atomic E-state index is 0.398. The van der Waals surface area contributed by atoms with Crippen molar-refractivity contribution >= 4 is 28.5 Å². The van der Waals surface area contributed by atoms with Gasteiger partial charge >= 0.3 is 0 Å². The molecule has 2 rings (SSSR count). The molecule has 0 saturated heterocycles. The first-order valence-corrected chi connectivity index (χ1v) is 7.31. The second-order valence-corrected chi connectivity index (χ2v) is 5.62. The molecule has 0 atom stereocenters. The lowest BCUT2D eigenvalue weighted by molar-refractivity contribution is 0.781. The number of hydrogen-bond acceptors (Lipinski definition) is 4. The number of rotatable bonds is 6. The average Bonchev–Trinajstić information content (AvgIpc) is 2.84. The normalized spacial score (nSPS) is 11.2. The number of thiocarbonyl (C=S) groups is 1. The smallest absolute Gasteiger partial charge is 0.154 e. The minimum absolute atomic E-state index is 0.398. The van der Waals surface area contributed by atoms with Crippen molar-refractivity contribution < 1.29 is 0 Å². The fourth-order valence-corrected chi connectivity index (χ4v) is 2.20. The summed E-state index contributed by atoms with van der Waals surface area (Å²) < 4.78 is 1.89. The summed E-state index contributed by atoms with van der Waals surface area (Å²) in [6.45, 7) is 8.02. The van der Waals surface area contributed by atoms with Crippen LogP contribution in [0.2, 0.25) is 0 Å². The highest BCUT2D eigenvalue weighted by Crippen LogP contribution is 2.22. The van der Waals surface area contributed by atoms with Crippen molar-refractivity contribution in [2.45, 2.75) is 33.1 Å². The third-order valence-electron chi connectivity index (χ3n) is 3.29. The van der Waals surface area contributed by atoms with E-state index in [1.807, 2.05) is 10.7 Å². The molecule has 6 heteroatoms. The van der Waals surface area contributed by atoms with Gasteiger partial charge in [-0.05, 0) is 18.9 Å². The van der Waals surface area contributed by atoms with Crippen molar-refractivity contribution in [1.82, 2.24) is 14.6 Å². The molecule has 0 saturated carbocycles. The van der Waals surface area contributed by atoms with Gasteiger partial charge in [-0.25, -0.2) is 9.50 Å². The molecule has 108 valence electrons.